The lowest BCUT2D eigenvalue weighted by molar-refractivity contribution is -0.155. The minimum Gasteiger partial charge on any atom is -0.481 e. The molecule has 13 heavy (non-hydrogen) atoms. The van der Waals surface area contributed by atoms with Gasteiger partial charge in [-0.3, -0.25) is 4.79 Å². The molecule has 0 atom stereocenters. The summed E-state index contributed by atoms with van der Waals surface area (Å²) in [5.74, 6) is 0.387. The number of carboxylic acids is 1. The van der Waals surface area contributed by atoms with Gasteiger partial charge in [0.05, 0.1) is 5.41 Å². The Labute approximate surface area is 80.3 Å². The molecule has 1 aliphatic rings. The van der Waals surface area contributed by atoms with E-state index in [9.17, 15) is 9.90 Å². The number of aliphatic carboxylic acids is 1. The second kappa shape index (κ2) is 3.69. The molecular formula is C11H20O2. The predicted molar refractivity (Wildman–Crippen MR) is 52.5 cm³/mol. The van der Waals surface area contributed by atoms with Gasteiger partial charge in [0.25, 0.3) is 0 Å². The zero-order valence-corrected chi connectivity index (χ0v) is 8.84. The lowest BCUT2D eigenvalue weighted by atomic mass is 9.65. The Morgan fingerprint density at radius 3 is 2.15 bits per heavy atom. The van der Waals surface area contributed by atoms with Gasteiger partial charge in [-0.2, -0.15) is 0 Å². The third-order valence-corrected chi connectivity index (χ3v) is 3.70. The van der Waals surface area contributed by atoms with E-state index >= 15 is 0 Å². The Hall–Kier alpha value is -0.530. The number of carboxylic acid groups (broad SMARTS) is 1. The maximum Gasteiger partial charge on any atom is 0.309 e. The molecule has 0 aromatic rings. The minimum absolute atomic E-state index is 0.262. The highest BCUT2D eigenvalue weighted by molar-refractivity contribution is 5.75. The lowest BCUT2D eigenvalue weighted by Gasteiger charge is -2.38. The van der Waals surface area contributed by atoms with Crippen LogP contribution >= 0.6 is 0 Å². The second-order valence-electron chi connectivity index (χ2n) is 4.80. The Morgan fingerprint density at radius 2 is 1.85 bits per heavy atom. The summed E-state index contributed by atoms with van der Waals surface area (Å²) in [4.78, 5) is 11.2. The van der Waals surface area contributed by atoms with Crippen LogP contribution in [0.1, 0.15) is 46.5 Å². The van der Waals surface area contributed by atoms with Crippen LogP contribution < -0.4 is 0 Å². The lowest BCUT2D eigenvalue weighted by Crippen LogP contribution is -2.39. The number of carbonyl (C=O) groups is 1. The Morgan fingerprint density at radius 1 is 1.38 bits per heavy atom. The zero-order chi connectivity index (χ0) is 10.1. The van der Waals surface area contributed by atoms with E-state index < -0.39 is 11.4 Å². The highest BCUT2D eigenvalue weighted by atomic mass is 16.4. The van der Waals surface area contributed by atoms with Crippen molar-refractivity contribution < 1.29 is 9.90 Å². The van der Waals surface area contributed by atoms with Gasteiger partial charge in [-0.05, 0) is 37.5 Å². The van der Waals surface area contributed by atoms with Crippen molar-refractivity contribution >= 4 is 5.97 Å². The van der Waals surface area contributed by atoms with Gasteiger partial charge in [0.2, 0.25) is 0 Å². The third kappa shape index (κ3) is 1.87. The van der Waals surface area contributed by atoms with Crippen molar-refractivity contribution in [3.05, 3.63) is 0 Å². The molecule has 1 saturated carbocycles. The third-order valence-electron chi connectivity index (χ3n) is 3.70. The summed E-state index contributed by atoms with van der Waals surface area (Å²) in [5.41, 5.74) is -0.424. The molecule has 0 amide bonds. The van der Waals surface area contributed by atoms with Crippen LogP contribution in [0, 0.1) is 17.3 Å². The summed E-state index contributed by atoms with van der Waals surface area (Å²) in [6, 6.07) is 0. The van der Waals surface area contributed by atoms with E-state index in [4.69, 9.17) is 0 Å². The number of rotatable bonds is 2. The van der Waals surface area contributed by atoms with Gasteiger partial charge in [-0.15, -0.1) is 0 Å². The van der Waals surface area contributed by atoms with Crippen LogP contribution in [0.5, 0.6) is 0 Å². The second-order valence-corrected chi connectivity index (χ2v) is 4.80. The van der Waals surface area contributed by atoms with E-state index in [1.165, 1.54) is 0 Å². The average molecular weight is 184 g/mol. The minimum atomic E-state index is -0.589. The number of hydrogen-bond acceptors (Lipinski definition) is 1. The smallest absolute Gasteiger partial charge is 0.309 e. The van der Waals surface area contributed by atoms with Crippen LogP contribution in [0.15, 0.2) is 0 Å². The van der Waals surface area contributed by atoms with E-state index in [-0.39, 0.29) is 5.92 Å². The van der Waals surface area contributed by atoms with Crippen molar-refractivity contribution in [3.63, 3.8) is 0 Å². The molecule has 2 nitrogen and oxygen atoms in total. The summed E-state index contributed by atoms with van der Waals surface area (Å²) < 4.78 is 0. The van der Waals surface area contributed by atoms with E-state index in [2.05, 4.69) is 6.92 Å². The van der Waals surface area contributed by atoms with E-state index in [1.54, 1.807) is 0 Å². The quantitative estimate of drug-likeness (QED) is 0.716. The largest absolute Gasteiger partial charge is 0.481 e. The van der Waals surface area contributed by atoms with Gasteiger partial charge in [0, 0.05) is 0 Å². The van der Waals surface area contributed by atoms with Crippen LogP contribution in [0.2, 0.25) is 0 Å². The molecule has 0 aromatic carbocycles. The Balaban J connectivity index is 2.75. The first-order valence-electron chi connectivity index (χ1n) is 5.22. The molecule has 1 aliphatic carbocycles. The summed E-state index contributed by atoms with van der Waals surface area (Å²) in [6.07, 6.45) is 3.87. The molecule has 0 spiro atoms. The fourth-order valence-corrected chi connectivity index (χ4v) is 2.32. The molecule has 2 heteroatoms. The first kappa shape index (κ1) is 10.6. The first-order valence-corrected chi connectivity index (χ1v) is 5.22. The summed E-state index contributed by atoms with van der Waals surface area (Å²) in [7, 11) is 0. The molecule has 0 bridgehead atoms. The zero-order valence-electron chi connectivity index (χ0n) is 8.84. The highest BCUT2D eigenvalue weighted by Crippen LogP contribution is 2.44. The topological polar surface area (TPSA) is 37.3 Å². The van der Waals surface area contributed by atoms with Gasteiger partial charge >= 0.3 is 5.97 Å². The summed E-state index contributed by atoms with van der Waals surface area (Å²) in [5, 5.41) is 9.25. The van der Waals surface area contributed by atoms with Crippen LogP contribution in [0.3, 0.4) is 0 Å². The first-order chi connectivity index (χ1) is 5.99. The summed E-state index contributed by atoms with van der Waals surface area (Å²) in [6.45, 7) is 6.28. The van der Waals surface area contributed by atoms with E-state index in [0.717, 1.165) is 25.7 Å². The van der Waals surface area contributed by atoms with Crippen molar-refractivity contribution in [2.24, 2.45) is 17.3 Å². The molecule has 76 valence electrons. The fourth-order valence-electron chi connectivity index (χ4n) is 2.32. The fraction of sp³-hybridized carbons (Fsp3) is 0.909. The molecule has 1 N–H and O–H groups in total. The standard InChI is InChI=1S/C11H20O2/c1-8(2)11(10(12)13)6-4-9(3)5-7-11/h8-9H,4-7H2,1-3H3,(H,12,13). The molecule has 0 heterocycles. The van der Waals surface area contributed by atoms with Crippen molar-refractivity contribution in [1.29, 1.82) is 0 Å². The van der Waals surface area contributed by atoms with Crippen molar-refractivity contribution in [2.45, 2.75) is 46.5 Å². The SMILES string of the molecule is CC1CCC(C(=O)O)(C(C)C)CC1. The average Bonchev–Trinajstić information content (AvgIpc) is 2.04. The molecule has 0 aliphatic heterocycles. The highest BCUT2D eigenvalue weighted by Gasteiger charge is 2.43. The van der Waals surface area contributed by atoms with Gasteiger partial charge in [0.15, 0.2) is 0 Å². The van der Waals surface area contributed by atoms with Crippen LogP contribution in [0.4, 0.5) is 0 Å². The molecular weight excluding hydrogens is 164 g/mol. The van der Waals surface area contributed by atoms with Crippen molar-refractivity contribution in [2.75, 3.05) is 0 Å². The normalized spacial score (nSPS) is 34.9. The van der Waals surface area contributed by atoms with E-state index in [0.29, 0.717) is 5.92 Å². The van der Waals surface area contributed by atoms with Gasteiger partial charge < -0.3 is 5.11 Å². The van der Waals surface area contributed by atoms with Crippen LogP contribution in [0.25, 0.3) is 0 Å². The van der Waals surface area contributed by atoms with Gasteiger partial charge in [-0.25, -0.2) is 0 Å². The maximum absolute atomic E-state index is 11.2. The molecule has 0 radical (unpaired) electrons. The monoisotopic (exact) mass is 184 g/mol. The van der Waals surface area contributed by atoms with Gasteiger partial charge in [0.1, 0.15) is 0 Å². The van der Waals surface area contributed by atoms with E-state index in [1.807, 2.05) is 13.8 Å². The van der Waals surface area contributed by atoms with Gasteiger partial charge in [-0.1, -0.05) is 20.8 Å². The predicted octanol–water partition coefficient (Wildman–Crippen LogP) is 2.92. The Kier molecular flexibility index (Phi) is 2.99. The molecule has 1 rings (SSSR count). The maximum atomic E-state index is 11.2. The van der Waals surface area contributed by atoms with Crippen LogP contribution in [-0.4, -0.2) is 11.1 Å². The molecule has 0 saturated heterocycles. The molecule has 1 fully saturated rings. The van der Waals surface area contributed by atoms with Crippen molar-refractivity contribution in [1.82, 2.24) is 0 Å². The molecule has 0 unspecified atom stereocenters. The number of hydrogen-bond donors (Lipinski definition) is 1. The summed E-state index contributed by atoms with van der Waals surface area (Å²) >= 11 is 0. The Bertz CT molecular complexity index is 188. The van der Waals surface area contributed by atoms with Crippen molar-refractivity contribution in [3.8, 4) is 0 Å². The molecule has 0 aromatic heterocycles. The van der Waals surface area contributed by atoms with Crippen LogP contribution in [-0.2, 0) is 4.79 Å².